The van der Waals surface area contributed by atoms with Gasteiger partial charge in [0.15, 0.2) is 0 Å². The Morgan fingerprint density at radius 2 is 1.86 bits per heavy atom. The van der Waals surface area contributed by atoms with Crippen LogP contribution in [0.2, 0.25) is 0 Å². The lowest BCUT2D eigenvalue weighted by Gasteiger charge is -2.33. The Bertz CT molecular complexity index is 610. The third-order valence-electron chi connectivity index (χ3n) is 3.49. The quantitative estimate of drug-likeness (QED) is 0.817. The molecule has 0 aromatic heterocycles. The van der Waals surface area contributed by atoms with Crippen molar-refractivity contribution in [1.29, 1.82) is 0 Å². The largest absolute Gasteiger partial charge is 0.496 e. The molecule has 2 N–H and O–H groups in total. The van der Waals surface area contributed by atoms with Crippen LogP contribution in [-0.4, -0.2) is 56.8 Å². The van der Waals surface area contributed by atoms with Crippen molar-refractivity contribution in [3.05, 3.63) is 29.8 Å². The Morgan fingerprint density at radius 3 is 2.43 bits per heavy atom. The summed E-state index contributed by atoms with van der Waals surface area (Å²) in [6.07, 6.45) is 0.236. The van der Waals surface area contributed by atoms with Gasteiger partial charge in [0.1, 0.15) is 5.75 Å². The van der Waals surface area contributed by atoms with Crippen LogP contribution in [0.1, 0.15) is 5.56 Å². The number of nitrogens with two attached hydrogens (primary N) is 1. The van der Waals surface area contributed by atoms with Crippen molar-refractivity contribution in [2.24, 2.45) is 5.14 Å². The smallest absolute Gasteiger partial charge is 0.277 e. The summed E-state index contributed by atoms with van der Waals surface area (Å²) in [6, 6.07) is 7.35. The van der Waals surface area contributed by atoms with E-state index in [-0.39, 0.29) is 25.4 Å². The minimum Gasteiger partial charge on any atom is -0.496 e. The Hall–Kier alpha value is -1.64. The van der Waals surface area contributed by atoms with Crippen molar-refractivity contribution in [3.8, 4) is 5.75 Å². The minimum atomic E-state index is -3.67. The molecule has 1 aromatic carbocycles. The average molecular weight is 313 g/mol. The van der Waals surface area contributed by atoms with Gasteiger partial charge in [-0.15, -0.1) is 0 Å². The molecule has 1 aromatic rings. The van der Waals surface area contributed by atoms with Crippen molar-refractivity contribution in [2.75, 3.05) is 33.3 Å². The fourth-order valence-electron chi connectivity index (χ4n) is 2.32. The van der Waals surface area contributed by atoms with Crippen molar-refractivity contribution >= 4 is 16.1 Å². The molecule has 0 bridgehead atoms. The second-order valence-corrected chi connectivity index (χ2v) is 6.36. The van der Waals surface area contributed by atoms with Gasteiger partial charge < -0.3 is 9.64 Å². The topological polar surface area (TPSA) is 92.9 Å². The van der Waals surface area contributed by atoms with Crippen molar-refractivity contribution in [3.63, 3.8) is 0 Å². The second kappa shape index (κ2) is 6.42. The molecule has 0 spiro atoms. The van der Waals surface area contributed by atoms with Gasteiger partial charge in [-0.25, -0.2) is 5.14 Å². The fourth-order valence-corrected chi connectivity index (χ4v) is 2.99. The molecule has 116 valence electrons. The SMILES string of the molecule is COc1ccccc1CC(=O)N1CCN(S(N)(=O)=O)CC1. The van der Waals surface area contributed by atoms with Gasteiger partial charge >= 0.3 is 0 Å². The molecule has 7 nitrogen and oxygen atoms in total. The number of nitrogens with zero attached hydrogens (tertiary/aromatic N) is 2. The highest BCUT2D eigenvalue weighted by Crippen LogP contribution is 2.19. The zero-order valence-electron chi connectivity index (χ0n) is 11.9. The van der Waals surface area contributed by atoms with Crippen LogP contribution >= 0.6 is 0 Å². The lowest BCUT2D eigenvalue weighted by molar-refractivity contribution is -0.131. The molecule has 1 aliphatic heterocycles. The summed E-state index contributed by atoms with van der Waals surface area (Å²) in [5.41, 5.74) is 0.818. The van der Waals surface area contributed by atoms with E-state index in [4.69, 9.17) is 9.88 Å². The first-order valence-corrected chi connectivity index (χ1v) is 8.09. The third-order valence-corrected chi connectivity index (χ3v) is 4.57. The number of carbonyl (C=O) groups excluding carboxylic acids is 1. The molecule has 1 fully saturated rings. The van der Waals surface area contributed by atoms with E-state index in [0.29, 0.717) is 18.8 Å². The van der Waals surface area contributed by atoms with Gasteiger partial charge in [-0.3, -0.25) is 4.79 Å². The molecular weight excluding hydrogens is 294 g/mol. The van der Waals surface area contributed by atoms with Crippen molar-refractivity contribution < 1.29 is 17.9 Å². The van der Waals surface area contributed by atoms with E-state index in [1.807, 2.05) is 24.3 Å². The van der Waals surface area contributed by atoms with Gasteiger partial charge in [0.25, 0.3) is 10.2 Å². The number of ether oxygens (including phenoxy) is 1. The molecule has 0 unspecified atom stereocenters. The molecule has 0 saturated carbocycles. The molecule has 2 rings (SSSR count). The molecular formula is C13H19N3O4S. The number of methoxy groups -OCH3 is 1. The highest BCUT2D eigenvalue weighted by Gasteiger charge is 2.26. The lowest BCUT2D eigenvalue weighted by atomic mass is 10.1. The Kier molecular flexibility index (Phi) is 4.81. The van der Waals surface area contributed by atoms with E-state index in [1.54, 1.807) is 12.0 Å². The van der Waals surface area contributed by atoms with E-state index in [9.17, 15) is 13.2 Å². The molecule has 0 atom stereocenters. The van der Waals surface area contributed by atoms with E-state index in [1.165, 1.54) is 4.31 Å². The van der Waals surface area contributed by atoms with Crippen LogP contribution in [0.25, 0.3) is 0 Å². The number of hydrogen-bond donors (Lipinski definition) is 1. The summed E-state index contributed by atoms with van der Waals surface area (Å²) in [5.74, 6) is 0.627. The number of amides is 1. The number of carbonyl (C=O) groups is 1. The lowest BCUT2D eigenvalue weighted by Crippen LogP contribution is -2.52. The van der Waals surface area contributed by atoms with Crippen LogP contribution in [0, 0.1) is 0 Å². The van der Waals surface area contributed by atoms with Crippen molar-refractivity contribution in [1.82, 2.24) is 9.21 Å². The first-order valence-electron chi connectivity index (χ1n) is 6.59. The maximum absolute atomic E-state index is 12.3. The summed E-state index contributed by atoms with van der Waals surface area (Å²) < 4.78 is 28.8. The van der Waals surface area contributed by atoms with Crippen LogP contribution in [0.15, 0.2) is 24.3 Å². The first-order chi connectivity index (χ1) is 9.91. The predicted octanol–water partition coefficient (Wildman–Crippen LogP) is -0.415. The molecule has 1 aliphatic rings. The van der Waals surface area contributed by atoms with E-state index in [0.717, 1.165) is 5.56 Å². The van der Waals surface area contributed by atoms with Gasteiger partial charge in [0.2, 0.25) is 5.91 Å². The molecule has 1 saturated heterocycles. The van der Waals surface area contributed by atoms with Crippen LogP contribution in [-0.2, 0) is 21.4 Å². The normalized spacial score (nSPS) is 16.8. The van der Waals surface area contributed by atoms with Crippen LogP contribution in [0.4, 0.5) is 0 Å². The van der Waals surface area contributed by atoms with E-state index >= 15 is 0 Å². The summed E-state index contributed by atoms with van der Waals surface area (Å²) >= 11 is 0. The monoisotopic (exact) mass is 313 g/mol. The van der Waals surface area contributed by atoms with Crippen LogP contribution < -0.4 is 9.88 Å². The summed E-state index contributed by atoms with van der Waals surface area (Å²) in [4.78, 5) is 13.9. The first kappa shape index (κ1) is 15.7. The third kappa shape index (κ3) is 3.93. The fraction of sp³-hybridized carbons (Fsp3) is 0.462. The van der Waals surface area contributed by atoms with E-state index in [2.05, 4.69) is 0 Å². The van der Waals surface area contributed by atoms with E-state index < -0.39 is 10.2 Å². The maximum Gasteiger partial charge on any atom is 0.277 e. The molecule has 1 amide bonds. The Balaban J connectivity index is 1.97. The van der Waals surface area contributed by atoms with Gasteiger partial charge in [-0.05, 0) is 6.07 Å². The Morgan fingerprint density at radius 1 is 1.24 bits per heavy atom. The number of para-hydroxylation sites is 1. The van der Waals surface area contributed by atoms with Crippen LogP contribution in [0.3, 0.4) is 0 Å². The highest BCUT2D eigenvalue weighted by molar-refractivity contribution is 7.86. The second-order valence-electron chi connectivity index (χ2n) is 4.81. The zero-order valence-corrected chi connectivity index (χ0v) is 12.7. The molecule has 1 heterocycles. The van der Waals surface area contributed by atoms with Crippen LogP contribution in [0.5, 0.6) is 5.75 Å². The van der Waals surface area contributed by atoms with Crippen molar-refractivity contribution in [2.45, 2.75) is 6.42 Å². The molecule has 0 aliphatic carbocycles. The number of hydrogen-bond acceptors (Lipinski definition) is 4. The molecule has 8 heteroatoms. The average Bonchev–Trinajstić information content (AvgIpc) is 2.47. The predicted molar refractivity (Wildman–Crippen MR) is 78.0 cm³/mol. The molecule has 0 radical (unpaired) electrons. The number of rotatable bonds is 4. The Labute approximate surface area is 124 Å². The summed E-state index contributed by atoms with van der Waals surface area (Å²) in [7, 11) is -2.11. The maximum atomic E-state index is 12.3. The highest BCUT2D eigenvalue weighted by atomic mass is 32.2. The van der Waals surface area contributed by atoms with Gasteiger partial charge in [-0.1, -0.05) is 18.2 Å². The van der Waals surface area contributed by atoms with Gasteiger partial charge in [-0.2, -0.15) is 12.7 Å². The standard InChI is InChI=1S/C13H19N3O4S/c1-20-12-5-3-2-4-11(12)10-13(17)15-6-8-16(9-7-15)21(14,18)19/h2-5H,6-10H2,1H3,(H2,14,18,19). The number of piperazine rings is 1. The zero-order chi connectivity index (χ0) is 15.5. The summed E-state index contributed by atoms with van der Waals surface area (Å²) in [6.45, 7) is 1.17. The molecule has 21 heavy (non-hydrogen) atoms. The van der Waals surface area contributed by atoms with Gasteiger partial charge in [0, 0.05) is 31.7 Å². The number of benzene rings is 1. The minimum absolute atomic E-state index is 0.0476. The van der Waals surface area contributed by atoms with Gasteiger partial charge in [0.05, 0.1) is 13.5 Å². The summed E-state index contributed by atoms with van der Waals surface area (Å²) in [5, 5.41) is 5.07.